The van der Waals surface area contributed by atoms with E-state index in [0.717, 1.165) is 5.56 Å². The first-order valence-corrected chi connectivity index (χ1v) is 9.46. The Labute approximate surface area is 165 Å². The standard InChI is InChI=1S/C22H26N2O4/c1-17-8-9-20(14-18(17)2)28-16-22(26)24-12-10-23(11-13-24)21(25)15-27-19-6-4-3-5-7-19/h3-9,14H,10-13,15-16H2,1-2H3. The zero-order valence-corrected chi connectivity index (χ0v) is 16.4. The molecular weight excluding hydrogens is 356 g/mol. The van der Waals surface area contributed by atoms with Gasteiger partial charge in [-0.25, -0.2) is 0 Å². The summed E-state index contributed by atoms with van der Waals surface area (Å²) in [5, 5.41) is 0. The first kappa shape index (κ1) is 19.7. The number of hydrogen-bond acceptors (Lipinski definition) is 4. The maximum atomic E-state index is 12.4. The van der Waals surface area contributed by atoms with Gasteiger partial charge in [0.2, 0.25) is 0 Å². The quantitative estimate of drug-likeness (QED) is 0.770. The SMILES string of the molecule is Cc1ccc(OCC(=O)N2CCN(C(=O)COc3ccccc3)CC2)cc1C. The minimum Gasteiger partial charge on any atom is -0.484 e. The van der Waals surface area contributed by atoms with Gasteiger partial charge in [-0.15, -0.1) is 0 Å². The van der Waals surface area contributed by atoms with Crippen molar-refractivity contribution in [3.63, 3.8) is 0 Å². The first-order chi connectivity index (χ1) is 13.5. The summed E-state index contributed by atoms with van der Waals surface area (Å²) in [6.07, 6.45) is 0. The van der Waals surface area contributed by atoms with Gasteiger partial charge in [-0.2, -0.15) is 0 Å². The van der Waals surface area contributed by atoms with Crippen LogP contribution in [0.2, 0.25) is 0 Å². The van der Waals surface area contributed by atoms with Crippen LogP contribution in [0.1, 0.15) is 11.1 Å². The van der Waals surface area contributed by atoms with E-state index in [0.29, 0.717) is 37.7 Å². The number of benzene rings is 2. The van der Waals surface area contributed by atoms with Gasteiger partial charge in [-0.3, -0.25) is 9.59 Å². The number of hydrogen-bond donors (Lipinski definition) is 0. The van der Waals surface area contributed by atoms with Gasteiger partial charge in [0.25, 0.3) is 11.8 Å². The summed E-state index contributed by atoms with van der Waals surface area (Å²) in [7, 11) is 0. The average Bonchev–Trinajstić information content (AvgIpc) is 2.73. The second-order valence-corrected chi connectivity index (χ2v) is 6.90. The number of ether oxygens (including phenoxy) is 2. The summed E-state index contributed by atoms with van der Waals surface area (Å²) in [4.78, 5) is 28.1. The van der Waals surface area contributed by atoms with E-state index >= 15 is 0 Å². The van der Waals surface area contributed by atoms with Crippen molar-refractivity contribution < 1.29 is 19.1 Å². The molecule has 0 unspecified atom stereocenters. The molecule has 148 valence electrons. The maximum Gasteiger partial charge on any atom is 0.260 e. The number of nitrogens with zero attached hydrogens (tertiary/aromatic N) is 2. The predicted molar refractivity (Wildman–Crippen MR) is 107 cm³/mol. The Hall–Kier alpha value is -3.02. The summed E-state index contributed by atoms with van der Waals surface area (Å²) in [5.41, 5.74) is 2.32. The van der Waals surface area contributed by atoms with E-state index in [-0.39, 0.29) is 25.0 Å². The molecule has 0 radical (unpaired) electrons. The van der Waals surface area contributed by atoms with Gasteiger partial charge in [-0.1, -0.05) is 24.3 Å². The lowest BCUT2D eigenvalue weighted by Gasteiger charge is -2.34. The zero-order valence-electron chi connectivity index (χ0n) is 16.4. The van der Waals surface area contributed by atoms with Crippen molar-refractivity contribution in [2.45, 2.75) is 13.8 Å². The van der Waals surface area contributed by atoms with Crippen molar-refractivity contribution in [3.8, 4) is 11.5 Å². The molecule has 0 atom stereocenters. The first-order valence-electron chi connectivity index (χ1n) is 9.46. The van der Waals surface area contributed by atoms with Crippen LogP contribution in [0.15, 0.2) is 48.5 Å². The molecule has 1 fully saturated rings. The molecule has 0 aliphatic carbocycles. The normalized spacial score (nSPS) is 13.9. The fraction of sp³-hybridized carbons (Fsp3) is 0.364. The van der Waals surface area contributed by atoms with Crippen LogP contribution >= 0.6 is 0 Å². The Kier molecular flexibility index (Phi) is 6.53. The van der Waals surface area contributed by atoms with Crippen molar-refractivity contribution in [1.82, 2.24) is 9.80 Å². The summed E-state index contributed by atoms with van der Waals surface area (Å²) in [5.74, 6) is 1.24. The molecule has 0 N–H and O–H groups in total. The Morgan fingerprint density at radius 2 is 1.29 bits per heavy atom. The lowest BCUT2D eigenvalue weighted by atomic mass is 10.1. The maximum absolute atomic E-state index is 12.4. The van der Waals surface area contributed by atoms with E-state index < -0.39 is 0 Å². The number of amides is 2. The monoisotopic (exact) mass is 382 g/mol. The van der Waals surface area contributed by atoms with Crippen LogP contribution < -0.4 is 9.47 Å². The molecule has 6 nitrogen and oxygen atoms in total. The Bertz CT molecular complexity index is 815. The van der Waals surface area contributed by atoms with E-state index in [2.05, 4.69) is 0 Å². The van der Waals surface area contributed by atoms with Crippen LogP contribution in [0.25, 0.3) is 0 Å². The summed E-state index contributed by atoms with van der Waals surface area (Å²) >= 11 is 0. The molecule has 1 heterocycles. The van der Waals surface area contributed by atoms with Gasteiger partial charge in [0.05, 0.1) is 0 Å². The lowest BCUT2D eigenvalue weighted by Crippen LogP contribution is -2.52. The van der Waals surface area contributed by atoms with E-state index in [1.54, 1.807) is 9.80 Å². The third-order valence-corrected chi connectivity index (χ3v) is 4.93. The zero-order chi connectivity index (χ0) is 19.9. The second kappa shape index (κ2) is 9.26. The highest BCUT2D eigenvalue weighted by Gasteiger charge is 2.24. The number of aryl methyl sites for hydroxylation is 2. The predicted octanol–water partition coefficient (Wildman–Crippen LogP) is 2.43. The highest BCUT2D eigenvalue weighted by atomic mass is 16.5. The van der Waals surface area contributed by atoms with Gasteiger partial charge in [0.1, 0.15) is 11.5 Å². The fourth-order valence-electron chi connectivity index (χ4n) is 3.00. The van der Waals surface area contributed by atoms with Crippen molar-refractivity contribution in [3.05, 3.63) is 59.7 Å². The molecule has 2 aromatic rings. The third kappa shape index (κ3) is 5.25. The Morgan fingerprint density at radius 1 is 0.750 bits per heavy atom. The highest BCUT2D eigenvalue weighted by molar-refractivity contribution is 5.80. The van der Waals surface area contributed by atoms with Crippen molar-refractivity contribution >= 4 is 11.8 Å². The molecule has 28 heavy (non-hydrogen) atoms. The van der Waals surface area contributed by atoms with Crippen LogP contribution in [0.3, 0.4) is 0 Å². The van der Waals surface area contributed by atoms with E-state index in [9.17, 15) is 9.59 Å². The van der Waals surface area contributed by atoms with Crippen LogP contribution in [0, 0.1) is 13.8 Å². The molecule has 1 saturated heterocycles. The Balaban J connectivity index is 1.40. The number of rotatable bonds is 6. The van der Waals surface area contributed by atoms with Gasteiger partial charge in [0, 0.05) is 26.2 Å². The van der Waals surface area contributed by atoms with E-state index in [1.807, 2.05) is 62.4 Å². The lowest BCUT2D eigenvalue weighted by molar-refractivity contribution is -0.141. The Morgan fingerprint density at radius 3 is 1.82 bits per heavy atom. The average molecular weight is 382 g/mol. The summed E-state index contributed by atoms with van der Waals surface area (Å²) in [6.45, 7) is 6.09. The van der Waals surface area contributed by atoms with Crippen molar-refractivity contribution in [1.29, 1.82) is 0 Å². The van der Waals surface area contributed by atoms with Crippen LogP contribution in [-0.4, -0.2) is 61.0 Å². The van der Waals surface area contributed by atoms with E-state index in [4.69, 9.17) is 9.47 Å². The molecule has 2 aromatic carbocycles. The number of carbonyl (C=O) groups is 2. The molecule has 3 rings (SSSR count). The van der Waals surface area contributed by atoms with Crippen LogP contribution in [0.4, 0.5) is 0 Å². The van der Waals surface area contributed by atoms with Crippen molar-refractivity contribution in [2.75, 3.05) is 39.4 Å². The minimum absolute atomic E-state index is 0.00751. The molecule has 1 aliphatic heterocycles. The molecule has 2 amide bonds. The second-order valence-electron chi connectivity index (χ2n) is 6.90. The number of carbonyl (C=O) groups excluding carboxylic acids is 2. The highest BCUT2D eigenvalue weighted by Crippen LogP contribution is 2.16. The fourth-order valence-corrected chi connectivity index (χ4v) is 3.00. The number of para-hydroxylation sites is 1. The topological polar surface area (TPSA) is 59.1 Å². The molecule has 1 aliphatic rings. The number of piperazine rings is 1. The molecule has 0 spiro atoms. The third-order valence-electron chi connectivity index (χ3n) is 4.93. The molecule has 0 bridgehead atoms. The molecule has 6 heteroatoms. The van der Waals surface area contributed by atoms with Gasteiger partial charge in [-0.05, 0) is 49.2 Å². The van der Waals surface area contributed by atoms with Crippen molar-refractivity contribution in [2.24, 2.45) is 0 Å². The largest absolute Gasteiger partial charge is 0.484 e. The minimum atomic E-state index is -0.0673. The van der Waals surface area contributed by atoms with Gasteiger partial charge < -0.3 is 19.3 Å². The molecular formula is C22H26N2O4. The van der Waals surface area contributed by atoms with Crippen LogP contribution in [0.5, 0.6) is 11.5 Å². The molecule has 0 saturated carbocycles. The smallest absolute Gasteiger partial charge is 0.260 e. The summed E-state index contributed by atoms with van der Waals surface area (Å²) < 4.78 is 11.1. The molecule has 0 aromatic heterocycles. The van der Waals surface area contributed by atoms with Gasteiger partial charge >= 0.3 is 0 Å². The van der Waals surface area contributed by atoms with Gasteiger partial charge in [0.15, 0.2) is 13.2 Å². The summed E-state index contributed by atoms with van der Waals surface area (Å²) in [6, 6.07) is 15.1. The van der Waals surface area contributed by atoms with E-state index in [1.165, 1.54) is 5.56 Å². The van der Waals surface area contributed by atoms with Crippen LogP contribution in [-0.2, 0) is 9.59 Å².